The molecular formula is C15H13N3O3S. The highest BCUT2D eigenvalue weighted by molar-refractivity contribution is 7.11. The van der Waals surface area contributed by atoms with Crippen LogP contribution in [0.1, 0.15) is 36.0 Å². The molecule has 0 bridgehead atoms. The van der Waals surface area contributed by atoms with Gasteiger partial charge in [0.2, 0.25) is 0 Å². The molecule has 2 rings (SSSR count). The molecule has 0 fully saturated rings. The van der Waals surface area contributed by atoms with Crippen LogP contribution < -0.4 is 0 Å². The Bertz CT molecular complexity index is 788. The van der Waals surface area contributed by atoms with Gasteiger partial charge in [-0.05, 0) is 24.1 Å². The van der Waals surface area contributed by atoms with Crippen molar-refractivity contribution in [1.82, 2.24) is 4.98 Å². The van der Waals surface area contributed by atoms with E-state index < -0.39 is 4.92 Å². The van der Waals surface area contributed by atoms with Gasteiger partial charge in [-0.2, -0.15) is 5.26 Å². The lowest BCUT2D eigenvalue weighted by Gasteiger charge is -2.00. The highest BCUT2D eigenvalue weighted by atomic mass is 32.1. The zero-order valence-electron chi connectivity index (χ0n) is 12.0. The number of nitro groups is 1. The number of nitro benzene ring substituents is 1. The maximum Gasteiger partial charge on any atom is 0.276 e. The molecule has 7 heteroatoms. The van der Waals surface area contributed by atoms with Gasteiger partial charge >= 0.3 is 0 Å². The molecule has 22 heavy (non-hydrogen) atoms. The molecule has 0 saturated heterocycles. The monoisotopic (exact) mass is 315 g/mol. The summed E-state index contributed by atoms with van der Waals surface area (Å²) in [5.74, 6) is 0.135. The van der Waals surface area contributed by atoms with E-state index >= 15 is 0 Å². The van der Waals surface area contributed by atoms with Crippen LogP contribution in [0.4, 0.5) is 5.69 Å². The maximum atomic E-state index is 11.0. The van der Waals surface area contributed by atoms with Crippen molar-refractivity contribution in [3.63, 3.8) is 0 Å². The number of nitrogens with zero attached hydrogens (tertiary/aromatic N) is 3. The molecule has 0 aliphatic rings. The number of aromatic hydroxyl groups is 1. The second-order valence-electron chi connectivity index (χ2n) is 4.90. The van der Waals surface area contributed by atoms with Crippen LogP contribution in [-0.4, -0.2) is 15.0 Å². The maximum absolute atomic E-state index is 11.0. The molecule has 0 amide bonds. The Morgan fingerprint density at radius 3 is 2.82 bits per heavy atom. The molecule has 0 atom stereocenters. The van der Waals surface area contributed by atoms with E-state index in [2.05, 4.69) is 4.98 Å². The van der Waals surface area contributed by atoms with Crippen molar-refractivity contribution in [2.24, 2.45) is 0 Å². The van der Waals surface area contributed by atoms with Crippen molar-refractivity contribution in [1.29, 1.82) is 5.26 Å². The lowest BCUT2D eigenvalue weighted by Crippen LogP contribution is -1.92. The summed E-state index contributed by atoms with van der Waals surface area (Å²) in [7, 11) is 0. The van der Waals surface area contributed by atoms with Crippen molar-refractivity contribution < 1.29 is 10.0 Å². The highest BCUT2D eigenvalue weighted by Crippen LogP contribution is 2.29. The quantitative estimate of drug-likeness (QED) is 0.523. The van der Waals surface area contributed by atoms with Crippen molar-refractivity contribution in [2.75, 3.05) is 0 Å². The van der Waals surface area contributed by atoms with E-state index in [0.29, 0.717) is 5.01 Å². The number of phenolic OH excluding ortho intramolecular Hbond substituents is 1. The molecule has 2 aromatic rings. The number of aromatic nitrogens is 1. The van der Waals surface area contributed by atoms with E-state index in [-0.39, 0.29) is 28.5 Å². The number of hydrogen-bond acceptors (Lipinski definition) is 6. The van der Waals surface area contributed by atoms with Crippen LogP contribution in [0.15, 0.2) is 23.6 Å². The van der Waals surface area contributed by atoms with Crippen LogP contribution in [0.25, 0.3) is 11.6 Å². The first-order valence-corrected chi connectivity index (χ1v) is 7.35. The molecule has 0 saturated carbocycles. The van der Waals surface area contributed by atoms with Gasteiger partial charge in [0.1, 0.15) is 16.8 Å². The second kappa shape index (κ2) is 6.37. The van der Waals surface area contributed by atoms with Crippen LogP contribution in [0, 0.1) is 21.4 Å². The number of allylic oxidation sites excluding steroid dienone is 1. The Morgan fingerprint density at radius 2 is 2.27 bits per heavy atom. The van der Waals surface area contributed by atoms with E-state index in [1.807, 2.05) is 25.3 Å². The van der Waals surface area contributed by atoms with Crippen LogP contribution in [0.3, 0.4) is 0 Å². The largest absolute Gasteiger partial charge is 0.508 e. The predicted octanol–water partition coefficient (Wildman–Crippen LogP) is 3.94. The zero-order valence-corrected chi connectivity index (χ0v) is 12.8. The van der Waals surface area contributed by atoms with Crippen LogP contribution in [0.2, 0.25) is 0 Å². The number of thiazole rings is 1. The topological polar surface area (TPSA) is 100 Å². The van der Waals surface area contributed by atoms with Crippen LogP contribution in [0.5, 0.6) is 5.75 Å². The van der Waals surface area contributed by atoms with Crippen molar-refractivity contribution in [2.45, 2.75) is 19.8 Å². The summed E-state index contributed by atoms with van der Waals surface area (Å²) in [5, 5.41) is 32.2. The number of nitriles is 1. The Balaban J connectivity index is 2.51. The molecule has 0 aliphatic heterocycles. The van der Waals surface area contributed by atoms with E-state index in [4.69, 9.17) is 0 Å². The third-order valence-corrected chi connectivity index (χ3v) is 3.87. The minimum absolute atomic E-state index is 0.101. The van der Waals surface area contributed by atoms with Gasteiger partial charge in [0.15, 0.2) is 0 Å². The van der Waals surface area contributed by atoms with Gasteiger partial charge in [-0.25, -0.2) is 4.98 Å². The standard InChI is InChI=1S/C15H13N3O3S/c1-9(2)13-8-22-15(17-13)11(7-16)5-10-6-12(19)3-4-14(10)18(20)21/h3-6,8-9,19H,1-2H3/b11-5-. The van der Waals surface area contributed by atoms with Crippen molar-refractivity contribution in [3.05, 3.63) is 50.0 Å². The van der Waals surface area contributed by atoms with Gasteiger partial charge in [0.05, 0.1) is 21.8 Å². The summed E-state index contributed by atoms with van der Waals surface area (Å²) in [5.41, 5.74) is 1.09. The Labute approximate surface area is 131 Å². The first kappa shape index (κ1) is 15.7. The number of hydrogen-bond donors (Lipinski definition) is 1. The normalized spacial score (nSPS) is 11.5. The molecule has 1 heterocycles. The molecule has 1 aromatic heterocycles. The smallest absolute Gasteiger partial charge is 0.276 e. The third kappa shape index (κ3) is 3.30. The van der Waals surface area contributed by atoms with Gasteiger partial charge in [0, 0.05) is 11.4 Å². The third-order valence-electron chi connectivity index (χ3n) is 2.97. The molecule has 0 spiro atoms. The first-order valence-electron chi connectivity index (χ1n) is 6.47. The summed E-state index contributed by atoms with van der Waals surface area (Å²) < 4.78 is 0. The van der Waals surface area contributed by atoms with Gasteiger partial charge in [-0.15, -0.1) is 11.3 Å². The Kier molecular flexibility index (Phi) is 4.53. The van der Waals surface area contributed by atoms with Crippen LogP contribution >= 0.6 is 11.3 Å². The Hall–Kier alpha value is -2.72. The zero-order chi connectivity index (χ0) is 16.3. The molecule has 0 unspecified atom stereocenters. The highest BCUT2D eigenvalue weighted by Gasteiger charge is 2.15. The first-order chi connectivity index (χ1) is 10.4. The van der Waals surface area contributed by atoms with Crippen LogP contribution in [-0.2, 0) is 0 Å². The lowest BCUT2D eigenvalue weighted by atomic mass is 10.1. The number of phenols is 1. The molecule has 6 nitrogen and oxygen atoms in total. The molecule has 0 radical (unpaired) electrons. The van der Waals surface area contributed by atoms with E-state index in [9.17, 15) is 20.5 Å². The summed E-state index contributed by atoms with van der Waals surface area (Å²) >= 11 is 1.31. The molecule has 1 N–H and O–H groups in total. The van der Waals surface area contributed by atoms with E-state index in [0.717, 1.165) is 5.69 Å². The fourth-order valence-electron chi connectivity index (χ4n) is 1.80. The summed E-state index contributed by atoms with van der Waals surface area (Å²) in [4.78, 5) is 14.8. The number of rotatable bonds is 4. The minimum atomic E-state index is -0.554. The minimum Gasteiger partial charge on any atom is -0.508 e. The molecular weight excluding hydrogens is 302 g/mol. The van der Waals surface area contributed by atoms with E-state index in [1.54, 1.807) is 0 Å². The van der Waals surface area contributed by atoms with Crippen molar-refractivity contribution in [3.8, 4) is 11.8 Å². The van der Waals surface area contributed by atoms with Gasteiger partial charge in [0.25, 0.3) is 5.69 Å². The fourth-order valence-corrected chi connectivity index (χ4v) is 2.74. The van der Waals surface area contributed by atoms with Gasteiger partial charge in [-0.3, -0.25) is 10.1 Å². The second-order valence-corrected chi connectivity index (χ2v) is 5.76. The lowest BCUT2D eigenvalue weighted by molar-refractivity contribution is -0.385. The average Bonchev–Trinajstić information content (AvgIpc) is 2.94. The molecule has 1 aromatic carbocycles. The summed E-state index contributed by atoms with van der Waals surface area (Å²) in [6, 6.07) is 5.71. The van der Waals surface area contributed by atoms with Gasteiger partial charge < -0.3 is 5.11 Å². The van der Waals surface area contributed by atoms with E-state index in [1.165, 1.54) is 35.6 Å². The van der Waals surface area contributed by atoms with Crippen molar-refractivity contribution >= 4 is 28.7 Å². The summed E-state index contributed by atoms with van der Waals surface area (Å²) in [6.07, 6.45) is 1.38. The van der Waals surface area contributed by atoms with Gasteiger partial charge in [-0.1, -0.05) is 13.8 Å². The molecule has 0 aliphatic carbocycles. The number of benzene rings is 1. The Morgan fingerprint density at radius 1 is 1.55 bits per heavy atom. The molecule has 112 valence electrons. The SMILES string of the molecule is CC(C)c1csc(/C(C#N)=C\c2cc(O)ccc2[N+](=O)[O-])n1. The fraction of sp³-hybridized carbons (Fsp3) is 0.200. The average molecular weight is 315 g/mol. The predicted molar refractivity (Wildman–Crippen MR) is 84.4 cm³/mol. The summed E-state index contributed by atoms with van der Waals surface area (Å²) in [6.45, 7) is 3.99.